The van der Waals surface area contributed by atoms with Crippen LogP contribution in [0.3, 0.4) is 0 Å². The van der Waals surface area contributed by atoms with Crippen LogP contribution >= 0.6 is 11.6 Å². The lowest BCUT2D eigenvalue weighted by atomic mass is 10.0. The number of amides is 1. The minimum absolute atomic E-state index is 0.0126. The number of carbonyl (C=O) groups is 2. The number of alkyl halides is 3. The predicted molar refractivity (Wildman–Crippen MR) is 117 cm³/mol. The number of nitrogens with zero attached hydrogens (tertiary/aromatic N) is 1. The standard InChI is InChI=1S/C22H21ClF4N2O3S/c23-14-6-4-13(5-7-14)11-29-18-9-15(19(30)3-1-2-8-22(25,26)27)16(24)10-20(18)33(32)12-17(28)21(29)31/h4-7,9-10,17H,1-3,8,11-12,28H2/t17-,33-/m0/s1. The monoisotopic (exact) mass is 504 g/mol. The molecule has 2 aromatic rings. The summed E-state index contributed by atoms with van der Waals surface area (Å²) in [6.07, 6.45) is -5.99. The molecule has 33 heavy (non-hydrogen) atoms. The molecule has 1 aliphatic rings. The lowest BCUT2D eigenvalue weighted by molar-refractivity contribution is -0.135. The quantitative estimate of drug-likeness (QED) is 0.335. The van der Waals surface area contributed by atoms with E-state index in [2.05, 4.69) is 0 Å². The van der Waals surface area contributed by atoms with Crippen molar-refractivity contribution in [1.82, 2.24) is 0 Å². The number of ketones is 1. The smallest absolute Gasteiger partial charge is 0.319 e. The van der Waals surface area contributed by atoms with E-state index in [1.54, 1.807) is 24.3 Å². The molecule has 0 aromatic heterocycles. The van der Waals surface area contributed by atoms with Crippen LogP contribution in [-0.2, 0) is 22.1 Å². The molecule has 1 heterocycles. The lowest BCUT2D eigenvalue weighted by Crippen LogP contribution is -2.44. The molecule has 11 heteroatoms. The Morgan fingerprint density at radius 1 is 1.18 bits per heavy atom. The van der Waals surface area contributed by atoms with Crippen molar-refractivity contribution in [3.8, 4) is 0 Å². The second-order valence-corrected chi connectivity index (χ2v) is 9.62. The Morgan fingerprint density at radius 2 is 1.85 bits per heavy atom. The maximum absolute atomic E-state index is 14.7. The number of unbranched alkanes of at least 4 members (excludes halogenated alkanes) is 1. The summed E-state index contributed by atoms with van der Waals surface area (Å²) in [7, 11) is -1.80. The highest BCUT2D eigenvalue weighted by Crippen LogP contribution is 2.33. The number of hydrogen-bond acceptors (Lipinski definition) is 4. The van der Waals surface area contributed by atoms with Crippen LogP contribution in [0.4, 0.5) is 23.2 Å². The molecule has 178 valence electrons. The molecule has 0 radical (unpaired) electrons. The molecule has 3 rings (SSSR count). The van der Waals surface area contributed by atoms with Gasteiger partial charge in [0.15, 0.2) is 5.78 Å². The normalized spacial score (nSPS) is 18.7. The Hall–Kier alpha value is -2.30. The first-order chi connectivity index (χ1) is 15.5. The van der Waals surface area contributed by atoms with Gasteiger partial charge in [0, 0.05) is 17.9 Å². The zero-order chi connectivity index (χ0) is 24.3. The minimum atomic E-state index is -4.33. The maximum Gasteiger partial charge on any atom is 0.389 e. The molecule has 0 fully saturated rings. The molecule has 0 saturated heterocycles. The Kier molecular flexibility index (Phi) is 7.92. The molecule has 0 aliphatic carbocycles. The van der Waals surface area contributed by atoms with Crippen LogP contribution in [0.25, 0.3) is 0 Å². The average Bonchev–Trinajstić information content (AvgIpc) is 2.82. The number of rotatable bonds is 7. The van der Waals surface area contributed by atoms with Crippen molar-refractivity contribution in [2.45, 2.75) is 49.3 Å². The van der Waals surface area contributed by atoms with Gasteiger partial charge in [-0.05, 0) is 42.7 Å². The molecular weight excluding hydrogens is 484 g/mol. The fourth-order valence-electron chi connectivity index (χ4n) is 3.47. The highest BCUT2D eigenvalue weighted by atomic mass is 35.5. The fraction of sp³-hybridized carbons (Fsp3) is 0.364. The Labute approximate surface area is 195 Å². The van der Waals surface area contributed by atoms with Crippen LogP contribution in [0.1, 0.15) is 41.6 Å². The van der Waals surface area contributed by atoms with Gasteiger partial charge in [0.25, 0.3) is 0 Å². The van der Waals surface area contributed by atoms with Gasteiger partial charge in [-0.15, -0.1) is 0 Å². The number of nitrogens with two attached hydrogens (primary N) is 1. The van der Waals surface area contributed by atoms with Gasteiger partial charge in [-0.3, -0.25) is 13.8 Å². The zero-order valence-electron chi connectivity index (χ0n) is 17.3. The summed E-state index contributed by atoms with van der Waals surface area (Å²) in [5, 5.41) is 0.486. The van der Waals surface area contributed by atoms with Gasteiger partial charge < -0.3 is 10.6 Å². The molecule has 2 aromatic carbocycles. The third-order valence-electron chi connectivity index (χ3n) is 5.17. The number of benzene rings is 2. The van der Waals surface area contributed by atoms with Gasteiger partial charge >= 0.3 is 6.18 Å². The van der Waals surface area contributed by atoms with E-state index >= 15 is 0 Å². The number of halogens is 5. The second kappa shape index (κ2) is 10.3. The lowest BCUT2D eigenvalue weighted by Gasteiger charge is -2.25. The molecule has 0 spiro atoms. The summed E-state index contributed by atoms with van der Waals surface area (Å²) >= 11 is 5.90. The first-order valence-corrected chi connectivity index (χ1v) is 11.8. The van der Waals surface area contributed by atoms with E-state index in [1.165, 1.54) is 4.90 Å². The van der Waals surface area contributed by atoms with Crippen LogP contribution in [0.5, 0.6) is 0 Å². The Balaban J connectivity index is 1.93. The van der Waals surface area contributed by atoms with E-state index in [9.17, 15) is 31.4 Å². The molecule has 0 bridgehead atoms. The van der Waals surface area contributed by atoms with Crippen LogP contribution in [0.15, 0.2) is 41.3 Å². The van der Waals surface area contributed by atoms with Crippen molar-refractivity contribution in [2.75, 3.05) is 10.7 Å². The molecule has 1 amide bonds. The Bertz CT molecular complexity index is 1080. The van der Waals surface area contributed by atoms with Crippen molar-refractivity contribution in [3.05, 3.63) is 58.4 Å². The van der Waals surface area contributed by atoms with Crippen molar-refractivity contribution >= 4 is 39.8 Å². The molecule has 0 unspecified atom stereocenters. The van der Waals surface area contributed by atoms with E-state index in [1.807, 2.05) is 0 Å². The van der Waals surface area contributed by atoms with E-state index in [4.69, 9.17) is 17.3 Å². The van der Waals surface area contributed by atoms with Gasteiger partial charge in [0.2, 0.25) is 5.91 Å². The van der Waals surface area contributed by atoms with Gasteiger partial charge in [-0.25, -0.2) is 4.39 Å². The van der Waals surface area contributed by atoms with E-state index in [0.717, 1.165) is 12.1 Å². The molecule has 2 N–H and O–H groups in total. The number of fused-ring (bicyclic) bond motifs is 1. The van der Waals surface area contributed by atoms with E-state index < -0.39 is 46.9 Å². The summed E-state index contributed by atoms with van der Waals surface area (Å²) in [6.45, 7) is 0.0126. The highest BCUT2D eigenvalue weighted by molar-refractivity contribution is 7.85. The van der Waals surface area contributed by atoms with Gasteiger partial charge in [0.05, 0.1) is 45.3 Å². The van der Waals surface area contributed by atoms with Crippen LogP contribution in [0, 0.1) is 5.82 Å². The Morgan fingerprint density at radius 3 is 2.48 bits per heavy atom. The first-order valence-electron chi connectivity index (χ1n) is 10.1. The van der Waals surface area contributed by atoms with Crippen LogP contribution < -0.4 is 10.6 Å². The van der Waals surface area contributed by atoms with Crippen LogP contribution in [-0.4, -0.2) is 33.9 Å². The van der Waals surface area contributed by atoms with Crippen molar-refractivity contribution < 1.29 is 31.4 Å². The van der Waals surface area contributed by atoms with Gasteiger partial charge in [-0.1, -0.05) is 23.7 Å². The third kappa shape index (κ3) is 6.39. The van der Waals surface area contributed by atoms with E-state index in [0.29, 0.717) is 10.6 Å². The van der Waals surface area contributed by atoms with Crippen LogP contribution in [0.2, 0.25) is 5.02 Å². The first kappa shape index (κ1) is 25.3. The van der Waals surface area contributed by atoms with Crippen molar-refractivity contribution in [1.29, 1.82) is 0 Å². The predicted octanol–water partition coefficient (Wildman–Crippen LogP) is 4.77. The second-order valence-electron chi connectivity index (χ2n) is 7.71. The zero-order valence-corrected chi connectivity index (χ0v) is 18.9. The number of hydrogen-bond donors (Lipinski definition) is 1. The summed E-state index contributed by atoms with van der Waals surface area (Å²) in [6, 6.07) is 7.58. The topological polar surface area (TPSA) is 80.5 Å². The van der Waals surface area contributed by atoms with Crippen molar-refractivity contribution in [3.63, 3.8) is 0 Å². The molecule has 5 nitrogen and oxygen atoms in total. The number of Topliss-reactive ketones (excluding diaryl/α,β-unsaturated/α-hetero) is 1. The largest absolute Gasteiger partial charge is 0.389 e. The summed E-state index contributed by atoms with van der Waals surface area (Å²) in [5.41, 5.74) is 6.29. The average molecular weight is 505 g/mol. The van der Waals surface area contributed by atoms with E-state index in [-0.39, 0.29) is 47.7 Å². The minimum Gasteiger partial charge on any atom is -0.319 e. The van der Waals surface area contributed by atoms with Gasteiger partial charge in [0.1, 0.15) is 5.82 Å². The molecular formula is C22H21ClF4N2O3S. The third-order valence-corrected chi connectivity index (χ3v) is 6.90. The summed E-state index contributed by atoms with van der Waals surface area (Å²) in [5.74, 6) is -2.41. The molecule has 0 saturated carbocycles. The summed E-state index contributed by atoms with van der Waals surface area (Å²) in [4.78, 5) is 26.8. The SMILES string of the molecule is N[C@H]1C[S@](=O)c2cc(F)c(C(=O)CCCCC(F)(F)F)cc2N(Cc2ccc(Cl)cc2)C1=O. The fourth-order valence-corrected chi connectivity index (χ4v) is 4.89. The molecule has 1 aliphatic heterocycles. The van der Waals surface area contributed by atoms with Crippen molar-refractivity contribution in [2.24, 2.45) is 5.73 Å². The highest BCUT2D eigenvalue weighted by Gasteiger charge is 2.33. The number of anilines is 1. The summed E-state index contributed by atoms with van der Waals surface area (Å²) < 4.78 is 64.4. The maximum atomic E-state index is 14.7. The molecule has 2 atom stereocenters. The van der Waals surface area contributed by atoms with Gasteiger partial charge in [-0.2, -0.15) is 13.2 Å². The number of carbonyl (C=O) groups excluding carboxylic acids is 2.